The molecule has 2 N–H and O–H groups in total. The number of carbonyl (C=O) groups excluding carboxylic acids is 1. The van der Waals surface area contributed by atoms with Crippen molar-refractivity contribution >= 4 is 5.78 Å². The maximum absolute atomic E-state index is 11.7. The Morgan fingerprint density at radius 1 is 1.56 bits per heavy atom. The molecular weight excluding hydrogens is 228 g/mol. The predicted molar refractivity (Wildman–Crippen MR) is 72.1 cm³/mol. The second-order valence-electron chi connectivity index (χ2n) is 5.87. The van der Waals surface area contributed by atoms with Gasteiger partial charge in [0.15, 0.2) is 5.78 Å². The van der Waals surface area contributed by atoms with Crippen LogP contribution in [0.1, 0.15) is 40.5 Å². The van der Waals surface area contributed by atoms with Crippen molar-refractivity contribution < 1.29 is 15.0 Å². The molecule has 0 aromatic carbocycles. The van der Waals surface area contributed by atoms with Crippen LogP contribution in [0.3, 0.4) is 0 Å². The average Bonchev–Trinajstić information content (AvgIpc) is 2.20. The van der Waals surface area contributed by atoms with E-state index in [0.717, 1.165) is 5.57 Å². The van der Waals surface area contributed by atoms with E-state index in [1.54, 1.807) is 19.1 Å². The van der Waals surface area contributed by atoms with Crippen molar-refractivity contribution in [1.82, 2.24) is 0 Å². The van der Waals surface area contributed by atoms with Crippen molar-refractivity contribution in [3.05, 3.63) is 23.8 Å². The molecule has 0 heterocycles. The summed E-state index contributed by atoms with van der Waals surface area (Å²) in [4.78, 5) is 11.7. The van der Waals surface area contributed by atoms with Gasteiger partial charge in [0.05, 0.1) is 6.10 Å². The van der Waals surface area contributed by atoms with E-state index in [2.05, 4.69) is 0 Å². The molecule has 0 aliphatic heterocycles. The maximum atomic E-state index is 11.7. The van der Waals surface area contributed by atoms with Crippen LogP contribution < -0.4 is 0 Å². The van der Waals surface area contributed by atoms with Crippen molar-refractivity contribution in [3.63, 3.8) is 0 Å². The molecule has 1 aliphatic carbocycles. The van der Waals surface area contributed by atoms with Gasteiger partial charge in [0, 0.05) is 6.42 Å². The SMILES string of the molecule is CC(C)=CC(=O)C[C@H](C)[C@@H]1C=C[C@](C)(O)[C@@H](O)C1. The molecule has 0 saturated carbocycles. The molecule has 1 aliphatic rings. The van der Waals surface area contributed by atoms with Gasteiger partial charge in [-0.3, -0.25) is 4.79 Å². The number of ketones is 1. The highest BCUT2D eigenvalue weighted by Gasteiger charge is 2.34. The van der Waals surface area contributed by atoms with E-state index in [1.807, 2.05) is 26.8 Å². The van der Waals surface area contributed by atoms with Gasteiger partial charge in [0.2, 0.25) is 0 Å². The Kier molecular flexibility index (Phi) is 4.88. The zero-order valence-electron chi connectivity index (χ0n) is 11.7. The van der Waals surface area contributed by atoms with Crippen molar-refractivity contribution in [2.75, 3.05) is 0 Å². The van der Waals surface area contributed by atoms with Crippen LogP contribution in [0.25, 0.3) is 0 Å². The first-order valence-corrected chi connectivity index (χ1v) is 6.50. The van der Waals surface area contributed by atoms with E-state index in [0.29, 0.717) is 12.8 Å². The molecule has 18 heavy (non-hydrogen) atoms. The van der Waals surface area contributed by atoms with Gasteiger partial charge >= 0.3 is 0 Å². The van der Waals surface area contributed by atoms with Gasteiger partial charge in [-0.2, -0.15) is 0 Å². The molecule has 1 rings (SSSR count). The van der Waals surface area contributed by atoms with Gasteiger partial charge in [0.1, 0.15) is 5.60 Å². The Labute approximate surface area is 109 Å². The van der Waals surface area contributed by atoms with Crippen LogP contribution in [0.2, 0.25) is 0 Å². The molecule has 0 saturated heterocycles. The summed E-state index contributed by atoms with van der Waals surface area (Å²) >= 11 is 0. The van der Waals surface area contributed by atoms with E-state index in [-0.39, 0.29) is 17.6 Å². The summed E-state index contributed by atoms with van der Waals surface area (Å²) < 4.78 is 0. The molecule has 102 valence electrons. The standard InChI is InChI=1S/C15H24O3/c1-10(2)7-13(16)8-11(3)12-5-6-15(4,18)14(17)9-12/h5-7,11-12,14,17-18H,8-9H2,1-4H3/t11-,12+,14-,15-/m0/s1. The first-order chi connectivity index (χ1) is 8.22. The molecule has 0 aromatic rings. The van der Waals surface area contributed by atoms with Crippen LogP contribution in [-0.4, -0.2) is 27.7 Å². The van der Waals surface area contributed by atoms with E-state index < -0.39 is 11.7 Å². The summed E-state index contributed by atoms with van der Waals surface area (Å²) in [6, 6.07) is 0. The van der Waals surface area contributed by atoms with Gasteiger partial charge in [-0.15, -0.1) is 0 Å². The monoisotopic (exact) mass is 252 g/mol. The van der Waals surface area contributed by atoms with Crippen LogP contribution in [0.4, 0.5) is 0 Å². The van der Waals surface area contributed by atoms with E-state index in [4.69, 9.17) is 0 Å². The van der Waals surface area contributed by atoms with Gasteiger partial charge in [-0.05, 0) is 45.1 Å². The number of aliphatic hydroxyl groups excluding tert-OH is 1. The number of aliphatic hydroxyl groups is 2. The molecular formula is C15H24O3. The third-order valence-corrected chi connectivity index (χ3v) is 3.55. The van der Waals surface area contributed by atoms with E-state index in [9.17, 15) is 15.0 Å². The quantitative estimate of drug-likeness (QED) is 0.596. The summed E-state index contributed by atoms with van der Waals surface area (Å²) in [5.74, 6) is 0.451. The van der Waals surface area contributed by atoms with Crippen molar-refractivity contribution in [1.29, 1.82) is 0 Å². The molecule has 3 nitrogen and oxygen atoms in total. The zero-order chi connectivity index (χ0) is 13.9. The fraction of sp³-hybridized carbons (Fsp3) is 0.667. The van der Waals surface area contributed by atoms with Crippen LogP contribution in [-0.2, 0) is 4.79 Å². The van der Waals surface area contributed by atoms with Crippen LogP contribution in [0.15, 0.2) is 23.8 Å². The fourth-order valence-electron chi connectivity index (χ4n) is 2.28. The Morgan fingerprint density at radius 2 is 2.17 bits per heavy atom. The number of hydrogen-bond donors (Lipinski definition) is 2. The number of hydrogen-bond acceptors (Lipinski definition) is 3. The first kappa shape index (κ1) is 15.1. The third kappa shape index (κ3) is 4.07. The lowest BCUT2D eigenvalue weighted by molar-refractivity contribution is -0.115. The minimum atomic E-state index is -1.14. The molecule has 0 spiro atoms. The molecule has 0 bridgehead atoms. The minimum Gasteiger partial charge on any atom is -0.390 e. The number of carbonyl (C=O) groups is 1. The lowest BCUT2D eigenvalue weighted by Gasteiger charge is -2.35. The highest BCUT2D eigenvalue weighted by molar-refractivity contribution is 5.90. The van der Waals surface area contributed by atoms with Gasteiger partial charge in [0.25, 0.3) is 0 Å². The maximum Gasteiger partial charge on any atom is 0.155 e. The topological polar surface area (TPSA) is 57.5 Å². The summed E-state index contributed by atoms with van der Waals surface area (Å²) in [5, 5.41) is 19.7. The summed E-state index contributed by atoms with van der Waals surface area (Å²) in [5.41, 5.74) is -0.130. The summed E-state index contributed by atoms with van der Waals surface area (Å²) in [7, 11) is 0. The van der Waals surface area contributed by atoms with Gasteiger partial charge < -0.3 is 10.2 Å². The minimum absolute atomic E-state index is 0.128. The molecule has 0 unspecified atom stereocenters. The third-order valence-electron chi connectivity index (χ3n) is 3.55. The van der Waals surface area contributed by atoms with Gasteiger partial charge in [-0.1, -0.05) is 24.6 Å². The first-order valence-electron chi connectivity index (χ1n) is 6.50. The summed E-state index contributed by atoms with van der Waals surface area (Å²) in [6.45, 7) is 7.43. The Balaban J connectivity index is 2.62. The van der Waals surface area contributed by atoms with Crippen LogP contribution in [0, 0.1) is 11.8 Å². The Hall–Kier alpha value is -0.930. The largest absolute Gasteiger partial charge is 0.390 e. The second-order valence-corrected chi connectivity index (χ2v) is 5.87. The second kappa shape index (κ2) is 5.81. The number of allylic oxidation sites excluding steroid dienone is 3. The molecule has 0 fully saturated rings. The fourth-order valence-corrected chi connectivity index (χ4v) is 2.28. The van der Waals surface area contributed by atoms with E-state index >= 15 is 0 Å². The molecule has 0 amide bonds. The highest BCUT2D eigenvalue weighted by atomic mass is 16.3. The predicted octanol–water partition coefficient (Wildman–Crippen LogP) is 2.24. The molecule has 0 aromatic heterocycles. The Bertz CT molecular complexity index is 362. The Morgan fingerprint density at radius 3 is 2.67 bits per heavy atom. The van der Waals surface area contributed by atoms with Crippen LogP contribution >= 0.6 is 0 Å². The molecule has 4 atom stereocenters. The average molecular weight is 252 g/mol. The summed E-state index contributed by atoms with van der Waals surface area (Å²) in [6.07, 6.45) is 5.46. The van der Waals surface area contributed by atoms with E-state index in [1.165, 1.54) is 0 Å². The molecule has 3 heteroatoms. The number of rotatable bonds is 4. The smallest absolute Gasteiger partial charge is 0.155 e. The zero-order valence-corrected chi connectivity index (χ0v) is 11.7. The van der Waals surface area contributed by atoms with Crippen molar-refractivity contribution in [3.8, 4) is 0 Å². The highest BCUT2D eigenvalue weighted by Crippen LogP contribution is 2.31. The van der Waals surface area contributed by atoms with Crippen molar-refractivity contribution in [2.24, 2.45) is 11.8 Å². The lowest BCUT2D eigenvalue weighted by atomic mass is 9.77. The van der Waals surface area contributed by atoms with Crippen molar-refractivity contribution in [2.45, 2.75) is 52.2 Å². The molecule has 0 radical (unpaired) electrons. The van der Waals surface area contributed by atoms with Crippen LogP contribution in [0.5, 0.6) is 0 Å². The normalized spacial score (nSPS) is 33.0. The lowest BCUT2D eigenvalue weighted by Crippen LogP contribution is -2.42. The van der Waals surface area contributed by atoms with Gasteiger partial charge in [-0.25, -0.2) is 0 Å².